The van der Waals surface area contributed by atoms with Crippen LogP contribution >= 0.6 is 0 Å². The van der Waals surface area contributed by atoms with E-state index < -0.39 is 0 Å². The predicted octanol–water partition coefficient (Wildman–Crippen LogP) is 3.62. The first-order valence-electron chi connectivity index (χ1n) is 9.86. The zero-order valence-electron chi connectivity index (χ0n) is 16.8. The number of aromatic nitrogens is 5. The Morgan fingerprint density at radius 2 is 2.14 bits per heavy atom. The summed E-state index contributed by atoms with van der Waals surface area (Å²) < 4.78 is 18.8. The fourth-order valence-electron chi connectivity index (χ4n) is 4.21. The Kier molecular flexibility index (Phi) is 4.43. The molecule has 0 spiro atoms. The largest absolute Gasteiger partial charge is 0.497 e. The summed E-state index contributed by atoms with van der Waals surface area (Å²) in [4.78, 5) is 13.9. The van der Waals surface area contributed by atoms with E-state index in [1.807, 2.05) is 24.4 Å². The molecule has 0 unspecified atom stereocenters. The highest BCUT2D eigenvalue weighted by atomic mass is 16.5. The fraction of sp³-hybridized carbons (Fsp3) is 0.429. The summed E-state index contributed by atoms with van der Waals surface area (Å²) in [6.07, 6.45) is 4.41. The molecule has 4 heterocycles. The number of imidazole rings is 1. The summed E-state index contributed by atoms with van der Waals surface area (Å²) in [6.45, 7) is 4.65. The first-order chi connectivity index (χ1) is 14.1. The standard InChI is InChI=1S/C21H23N5O3/c1-12-8-14(6-7-28-12)26-20(10-19-23-13(2)29-25-19)24-18-11-22-17-5-4-15(27-3)9-16(17)21(18)26/h4-5,9,11-12,14H,6-8,10H2,1-3H3/t12-,14-/m0/s1. The Balaban J connectivity index is 1.74. The molecule has 0 aliphatic carbocycles. The van der Waals surface area contributed by atoms with Gasteiger partial charge in [0, 0.05) is 25.0 Å². The van der Waals surface area contributed by atoms with Crippen LogP contribution in [-0.4, -0.2) is 44.5 Å². The van der Waals surface area contributed by atoms with E-state index in [1.54, 1.807) is 14.0 Å². The second kappa shape index (κ2) is 7.11. The summed E-state index contributed by atoms with van der Waals surface area (Å²) >= 11 is 0. The van der Waals surface area contributed by atoms with Gasteiger partial charge in [-0.1, -0.05) is 5.16 Å². The van der Waals surface area contributed by atoms with Crippen molar-refractivity contribution < 1.29 is 14.0 Å². The van der Waals surface area contributed by atoms with Crippen molar-refractivity contribution in [2.75, 3.05) is 13.7 Å². The molecule has 3 aromatic heterocycles. The summed E-state index contributed by atoms with van der Waals surface area (Å²) in [6, 6.07) is 6.23. The number of nitrogens with zero attached hydrogens (tertiary/aromatic N) is 5. The first-order valence-corrected chi connectivity index (χ1v) is 9.86. The van der Waals surface area contributed by atoms with Gasteiger partial charge in [0.25, 0.3) is 0 Å². The summed E-state index contributed by atoms with van der Waals surface area (Å²) in [5.41, 5.74) is 2.85. The normalized spacial score (nSPS) is 19.8. The van der Waals surface area contributed by atoms with Crippen molar-refractivity contribution >= 4 is 21.9 Å². The van der Waals surface area contributed by atoms with Crippen LogP contribution in [0.5, 0.6) is 5.75 Å². The molecule has 1 aliphatic rings. The van der Waals surface area contributed by atoms with E-state index >= 15 is 0 Å². The minimum absolute atomic E-state index is 0.203. The monoisotopic (exact) mass is 393 g/mol. The van der Waals surface area contributed by atoms with Gasteiger partial charge in [-0.05, 0) is 38.0 Å². The van der Waals surface area contributed by atoms with Gasteiger partial charge in [0.2, 0.25) is 5.89 Å². The van der Waals surface area contributed by atoms with Crippen molar-refractivity contribution in [2.45, 2.75) is 45.3 Å². The molecule has 150 valence electrons. The third kappa shape index (κ3) is 3.23. The molecule has 8 nitrogen and oxygen atoms in total. The van der Waals surface area contributed by atoms with Gasteiger partial charge in [0.15, 0.2) is 5.82 Å². The molecule has 0 N–H and O–H groups in total. The molecule has 1 saturated heterocycles. The number of hydrogen-bond donors (Lipinski definition) is 0. The lowest BCUT2D eigenvalue weighted by Gasteiger charge is -2.30. The minimum atomic E-state index is 0.203. The molecule has 1 aliphatic heterocycles. The summed E-state index contributed by atoms with van der Waals surface area (Å²) in [7, 11) is 1.68. The van der Waals surface area contributed by atoms with Gasteiger partial charge in [-0.3, -0.25) is 4.98 Å². The molecule has 8 heteroatoms. The van der Waals surface area contributed by atoms with E-state index in [0.717, 1.165) is 53.0 Å². The van der Waals surface area contributed by atoms with Crippen LogP contribution in [0.3, 0.4) is 0 Å². The molecule has 0 amide bonds. The lowest BCUT2D eigenvalue weighted by Crippen LogP contribution is -2.26. The summed E-state index contributed by atoms with van der Waals surface area (Å²) in [5, 5.41) is 5.10. The van der Waals surface area contributed by atoms with Gasteiger partial charge in [-0.2, -0.15) is 4.98 Å². The molecule has 0 radical (unpaired) electrons. The molecular formula is C21H23N5O3. The Labute approximate surface area is 167 Å². The highest BCUT2D eigenvalue weighted by molar-refractivity contribution is 6.03. The molecule has 2 atom stereocenters. The fourth-order valence-corrected chi connectivity index (χ4v) is 4.21. The highest BCUT2D eigenvalue weighted by Gasteiger charge is 2.27. The smallest absolute Gasteiger partial charge is 0.223 e. The topological polar surface area (TPSA) is 88.1 Å². The van der Waals surface area contributed by atoms with Gasteiger partial charge in [-0.15, -0.1) is 0 Å². The Morgan fingerprint density at radius 1 is 1.24 bits per heavy atom. The number of rotatable bonds is 4. The Hall–Kier alpha value is -3.00. The molecule has 0 bridgehead atoms. The number of ether oxygens (including phenoxy) is 2. The summed E-state index contributed by atoms with van der Waals surface area (Å²) in [5.74, 6) is 2.90. The van der Waals surface area contributed by atoms with Crippen molar-refractivity contribution in [1.82, 2.24) is 24.7 Å². The van der Waals surface area contributed by atoms with Crippen LogP contribution in [0, 0.1) is 6.92 Å². The van der Waals surface area contributed by atoms with Crippen LogP contribution < -0.4 is 4.74 Å². The lowest BCUT2D eigenvalue weighted by molar-refractivity contribution is 0.00630. The van der Waals surface area contributed by atoms with E-state index in [4.69, 9.17) is 19.0 Å². The van der Waals surface area contributed by atoms with Gasteiger partial charge in [0.1, 0.15) is 17.1 Å². The van der Waals surface area contributed by atoms with Crippen molar-refractivity contribution in [2.24, 2.45) is 0 Å². The number of hydrogen-bond acceptors (Lipinski definition) is 7. The zero-order valence-corrected chi connectivity index (χ0v) is 16.8. The quantitative estimate of drug-likeness (QED) is 0.523. The van der Waals surface area contributed by atoms with Crippen LogP contribution in [0.15, 0.2) is 28.9 Å². The van der Waals surface area contributed by atoms with Gasteiger partial charge in [-0.25, -0.2) is 4.98 Å². The Morgan fingerprint density at radius 3 is 2.90 bits per heavy atom. The maximum absolute atomic E-state index is 5.80. The van der Waals surface area contributed by atoms with E-state index in [2.05, 4.69) is 26.6 Å². The van der Waals surface area contributed by atoms with Crippen LogP contribution in [0.25, 0.3) is 21.9 Å². The van der Waals surface area contributed by atoms with Crippen LogP contribution in [0.1, 0.15) is 43.3 Å². The van der Waals surface area contributed by atoms with E-state index in [9.17, 15) is 0 Å². The maximum atomic E-state index is 5.80. The average molecular weight is 393 g/mol. The Bertz CT molecular complexity index is 1180. The van der Waals surface area contributed by atoms with Crippen molar-refractivity contribution in [3.05, 3.63) is 41.9 Å². The van der Waals surface area contributed by atoms with Crippen molar-refractivity contribution in [3.63, 3.8) is 0 Å². The molecule has 1 fully saturated rings. The first kappa shape index (κ1) is 18.1. The lowest BCUT2D eigenvalue weighted by atomic mass is 10.0. The third-order valence-electron chi connectivity index (χ3n) is 5.50. The van der Waals surface area contributed by atoms with E-state index in [-0.39, 0.29) is 12.1 Å². The minimum Gasteiger partial charge on any atom is -0.497 e. The number of fused-ring (bicyclic) bond motifs is 3. The predicted molar refractivity (Wildman–Crippen MR) is 107 cm³/mol. The van der Waals surface area contributed by atoms with E-state index in [0.29, 0.717) is 18.1 Å². The van der Waals surface area contributed by atoms with Gasteiger partial charge >= 0.3 is 0 Å². The average Bonchev–Trinajstić information content (AvgIpc) is 3.30. The molecule has 1 aromatic carbocycles. The van der Waals surface area contributed by atoms with E-state index in [1.165, 1.54) is 0 Å². The van der Waals surface area contributed by atoms with Gasteiger partial charge in [0.05, 0.1) is 36.9 Å². The molecular weight excluding hydrogens is 370 g/mol. The number of benzene rings is 1. The third-order valence-corrected chi connectivity index (χ3v) is 5.50. The second-order valence-electron chi connectivity index (χ2n) is 7.54. The van der Waals surface area contributed by atoms with Crippen molar-refractivity contribution in [3.8, 4) is 5.75 Å². The maximum Gasteiger partial charge on any atom is 0.223 e. The van der Waals surface area contributed by atoms with Crippen LogP contribution in [-0.2, 0) is 11.2 Å². The molecule has 5 rings (SSSR count). The number of pyridine rings is 1. The number of methoxy groups -OCH3 is 1. The zero-order chi connectivity index (χ0) is 20.0. The molecule has 0 saturated carbocycles. The number of aryl methyl sites for hydroxylation is 1. The van der Waals surface area contributed by atoms with Crippen molar-refractivity contribution in [1.29, 1.82) is 0 Å². The molecule has 4 aromatic rings. The van der Waals surface area contributed by atoms with Crippen LogP contribution in [0.2, 0.25) is 0 Å². The second-order valence-corrected chi connectivity index (χ2v) is 7.54. The van der Waals surface area contributed by atoms with Gasteiger partial charge < -0.3 is 18.6 Å². The highest BCUT2D eigenvalue weighted by Crippen LogP contribution is 2.35. The SMILES string of the molecule is COc1ccc2ncc3nc(Cc4noc(C)n4)n([C@H]4CCO[C@@H](C)C4)c3c2c1. The van der Waals surface area contributed by atoms with Crippen LogP contribution in [0.4, 0.5) is 0 Å². The molecule has 29 heavy (non-hydrogen) atoms.